The number of hydrogen-bond donors (Lipinski definition) is 2. The summed E-state index contributed by atoms with van der Waals surface area (Å²) in [6.45, 7) is 4.20. The Labute approximate surface area is 214 Å². The topological polar surface area (TPSA) is 97.5 Å². The van der Waals surface area contributed by atoms with Crippen LogP contribution >= 0.6 is 0 Å². The van der Waals surface area contributed by atoms with Crippen molar-refractivity contribution in [3.05, 3.63) is 89.8 Å². The van der Waals surface area contributed by atoms with E-state index in [-0.39, 0.29) is 6.10 Å². The van der Waals surface area contributed by atoms with Crippen LogP contribution in [-0.4, -0.2) is 27.9 Å². The average molecular weight is 494 g/mol. The molecule has 186 valence electrons. The summed E-state index contributed by atoms with van der Waals surface area (Å²) in [4.78, 5) is 16.4. The van der Waals surface area contributed by atoms with Crippen LogP contribution < -0.4 is 5.32 Å². The molecular formula is C30H27N3O4. The molecule has 0 aliphatic heterocycles. The van der Waals surface area contributed by atoms with Crippen molar-refractivity contribution in [3.63, 3.8) is 0 Å². The van der Waals surface area contributed by atoms with E-state index >= 15 is 0 Å². The van der Waals surface area contributed by atoms with Crippen LogP contribution in [0.15, 0.2) is 77.4 Å². The lowest BCUT2D eigenvalue weighted by Crippen LogP contribution is -2.19. The highest BCUT2D eigenvalue weighted by Gasteiger charge is 2.51. The predicted octanol–water partition coefficient (Wildman–Crippen LogP) is 6.61. The number of nitrogens with one attached hydrogen (secondary N) is 1. The summed E-state index contributed by atoms with van der Waals surface area (Å²) in [7, 11) is 0. The van der Waals surface area contributed by atoms with Crippen molar-refractivity contribution >= 4 is 33.3 Å². The molecule has 7 nitrogen and oxygen atoms in total. The Morgan fingerprint density at radius 1 is 1.11 bits per heavy atom. The van der Waals surface area contributed by atoms with E-state index in [1.807, 2.05) is 86.8 Å². The van der Waals surface area contributed by atoms with E-state index in [0.29, 0.717) is 31.0 Å². The zero-order chi connectivity index (χ0) is 25.6. The van der Waals surface area contributed by atoms with Crippen LogP contribution in [0.3, 0.4) is 0 Å². The van der Waals surface area contributed by atoms with Gasteiger partial charge in [0, 0.05) is 22.5 Å². The zero-order valence-electron chi connectivity index (χ0n) is 20.7. The fraction of sp³-hybridized carbons (Fsp3) is 0.233. The minimum absolute atomic E-state index is 0.0544. The predicted molar refractivity (Wildman–Crippen MR) is 142 cm³/mol. The van der Waals surface area contributed by atoms with Crippen LogP contribution in [-0.2, 0) is 14.9 Å². The molecule has 1 fully saturated rings. The van der Waals surface area contributed by atoms with Crippen LogP contribution in [0.2, 0.25) is 0 Å². The van der Waals surface area contributed by atoms with E-state index in [1.165, 1.54) is 0 Å². The lowest BCUT2D eigenvalue weighted by molar-refractivity contribution is -0.140. The van der Waals surface area contributed by atoms with Crippen molar-refractivity contribution in [1.29, 1.82) is 0 Å². The van der Waals surface area contributed by atoms with Crippen LogP contribution in [0.1, 0.15) is 42.8 Å². The summed E-state index contributed by atoms with van der Waals surface area (Å²) in [5.74, 6) is -0.0741. The number of rotatable bonds is 8. The Hall–Kier alpha value is -4.23. The fourth-order valence-corrected chi connectivity index (χ4v) is 4.95. The van der Waals surface area contributed by atoms with Gasteiger partial charge in [0.05, 0.1) is 17.0 Å². The number of aromatic nitrogens is 2. The van der Waals surface area contributed by atoms with Crippen molar-refractivity contribution in [3.8, 4) is 11.3 Å². The molecule has 1 saturated carbocycles. The first-order chi connectivity index (χ1) is 18.0. The Morgan fingerprint density at radius 2 is 1.89 bits per heavy atom. The minimum atomic E-state index is -0.752. The number of anilines is 1. The maximum Gasteiger partial charge on any atom is 0.314 e. The van der Waals surface area contributed by atoms with E-state index in [1.54, 1.807) is 0 Å². The minimum Gasteiger partial charge on any atom is -0.481 e. The van der Waals surface area contributed by atoms with Gasteiger partial charge in [0.1, 0.15) is 18.1 Å². The molecule has 0 amide bonds. The van der Waals surface area contributed by atoms with Crippen molar-refractivity contribution in [2.45, 2.75) is 38.2 Å². The molecule has 1 aliphatic rings. The van der Waals surface area contributed by atoms with E-state index < -0.39 is 11.4 Å². The Balaban J connectivity index is 1.26. The quantitative estimate of drug-likeness (QED) is 0.185. The summed E-state index contributed by atoms with van der Waals surface area (Å²) < 4.78 is 11.5. The van der Waals surface area contributed by atoms with Crippen molar-refractivity contribution in [1.82, 2.24) is 10.1 Å². The second kappa shape index (κ2) is 9.01. The Morgan fingerprint density at radius 3 is 2.65 bits per heavy atom. The number of nitrogens with zero attached hydrogens (tertiary/aromatic N) is 2. The van der Waals surface area contributed by atoms with E-state index in [0.717, 1.165) is 44.1 Å². The van der Waals surface area contributed by atoms with Gasteiger partial charge >= 0.3 is 5.97 Å². The van der Waals surface area contributed by atoms with Gasteiger partial charge in [-0.2, -0.15) is 0 Å². The van der Waals surface area contributed by atoms with Gasteiger partial charge in [-0.1, -0.05) is 59.8 Å². The van der Waals surface area contributed by atoms with Gasteiger partial charge in [-0.25, -0.2) is 0 Å². The lowest BCUT2D eigenvalue weighted by Gasteiger charge is -2.15. The summed E-state index contributed by atoms with van der Waals surface area (Å²) in [5.41, 5.74) is 4.43. The number of fused-ring (bicyclic) bond motifs is 3. The summed E-state index contributed by atoms with van der Waals surface area (Å²) in [6.07, 6.45) is 3.12. The molecule has 37 heavy (non-hydrogen) atoms. The van der Waals surface area contributed by atoms with Crippen LogP contribution in [0.4, 0.5) is 5.69 Å². The maximum absolute atomic E-state index is 11.8. The molecule has 0 bridgehead atoms. The normalized spacial score (nSPS) is 15.1. The van der Waals surface area contributed by atoms with Gasteiger partial charge in [0.15, 0.2) is 5.76 Å². The summed E-state index contributed by atoms with van der Waals surface area (Å²) in [6, 6.07) is 22.0. The monoisotopic (exact) mass is 493 g/mol. The fourth-order valence-electron chi connectivity index (χ4n) is 4.95. The molecule has 3 aromatic carbocycles. The molecule has 1 atom stereocenters. The number of aryl methyl sites for hydroxylation is 1. The third-order valence-corrected chi connectivity index (χ3v) is 7.38. The van der Waals surface area contributed by atoms with Gasteiger partial charge in [0.2, 0.25) is 0 Å². The zero-order valence-corrected chi connectivity index (χ0v) is 20.7. The highest BCUT2D eigenvalue weighted by atomic mass is 16.5. The molecule has 1 aliphatic carbocycles. The Kier molecular flexibility index (Phi) is 5.65. The maximum atomic E-state index is 11.8. The molecule has 2 N–H and O–H groups in total. The van der Waals surface area contributed by atoms with Crippen LogP contribution in [0.25, 0.3) is 32.9 Å². The summed E-state index contributed by atoms with van der Waals surface area (Å²) >= 11 is 0. The molecule has 1 unspecified atom stereocenters. The van der Waals surface area contributed by atoms with Crippen molar-refractivity contribution in [2.75, 3.05) is 12.0 Å². The van der Waals surface area contributed by atoms with E-state index in [9.17, 15) is 9.90 Å². The van der Waals surface area contributed by atoms with Gasteiger partial charge < -0.3 is 19.7 Å². The smallest absolute Gasteiger partial charge is 0.314 e. The SMILES string of the molecule is Cc1onc(-c2ccc3c(c2)ncc2cc(C4(C(=O)O)CC4)ccc23)c1NCOC(C)c1ccccc1. The van der Waals surface area contributed by atoms with Gasteiger partial charge in [-0.15, -0.1) is 0 Å². The number of carboxylic acid groups (broad SMARTS) is 1. The largest absolute Gasteiger partial charge is 0.481 e. The molecule has 6 rings (SSSR count). The van der Waals surface area contributed by atoms with Crippen LogP contribution in [0, 0.1) is 6.92 Å². The number of aliphatic carboxylic acids is 1. The number of carboxylic acids is 1. The standard InChI is InChI=1S/C30H27N3O4/c1-18(20-6-4-3-5-7-20)36-17-32-27-19(2)37-33-28(27)21-8-10-25-24-11-9-23(30(12-13-30)29(34)35)14-22(24)16-31-26(25)15-21/h3-11,14-16,18,32H,12-13,17H2,1-2H3,(H,34,35). The van der Waals surface area contributed by atoms with Crippen molar-refractivity contribution < 1.29 is 19.2 Å². The molecule has 0 saturated heterocycles. The van der Waals surface area contributed by atoms with Crippen molar-refractivity contribution in [2.24, 2.45) is 0 Å². The first-order valence-electron chi connectivity index (χ1n) is 12.4. The molecule has 5 aromatic rings. The number of hydrogen-bond acceptors (Lipinski definition) is 6. The second-order valence-corrected chi connectivity index (χ2v) is 9.68. The molecule has 0 spiro atoms. The molecule has 7 heteroatoms. The van der Waals surface area contributed by atoms with Gasteiger partial charge in [-0.05, 0) is 55.3 Å². The number of carbonyl (C=O) groups is 1. The third kappa shape index (κ3) is 4.11. The molecule has 2 aromatic heterocycles. The average Bonchev–Trinajstić information content (AvgIpc) is 3.67. The van der Waals surface area contributed by atoms with E-state index in [2.05, 4.69) is 15.5 Å². The van der Waals surface area contributed by atoms with Gasteiger partial charge in [-0.3, -0.25) is 9.78 Å². The van der Waals surface area contributed by atoms with E-state index in [4.69, 9.17) is 9.26 Å². The summed E-state index contributed by atoms with van der Waals surface area (Å²) in [5, 5.41) is 20.3. The second-order valence-electron chi connectivity index (χ2n) is 9.68. The van der Waals surface area contributed by atoms with Crippen LogP contribution in [0.5, 0.6) is 0 Å². The third-order valence-electron chi connectivity index (χ3n) is 7.38. The first kappa shape index (κ1) is 23.2. The molecular weight excluding hydrogens is 466 g/mol. The lowest BCUT2D eigenvalue weighted by atomic mass is 9.93. The highest BCUT2D eigenvalue weighted by Crippen LogP contribution is 2.49. The number of pyridine rings is 1. The first-order valence-corrected chi connectivity index (χ1v) is 12.4. The molecule has 0 radical (unpaired) electrons. The van der Waals surface area contributed by atoms with Gasteiger partial charge in [0.25, 0.3) is 0 Å². The highest BCUT2D eigenvalue weighted by molar-refractivity contribution is 6.07. The number of benzene rings is 3. The Bertz CT molecular complexity index is 1620. The molecule has 2 heterocycles. The number of ether oxygens (including phenoxy) is 1.